The zero-order valence-electron chi connectivity index (χ0n) is 12.7. The number of H-pyrrole nitrogens is 1. The maximum Gasteiger partial charge on any atom is 0.416 e. The second-order valence-corrected chi connectivity index (χ2v) is 5.70. The van der Waals surface area contributed by atoms with Gasteiger partial charge in [0.1, 0.15) is 0 Å². The van der Waals surface area contributed by atoms with Crippen LogP contribution in [-0.4, -0.2) is 14.8 Å². The average Bonchev–Trinajstić information content (AvgIpc) is 2.95. The highest BCUT2D eigenvalue weighted by Crippen LogP contribution is 2.37. The first-order chi connectivity index (χ1) is 12.1. The maximum atomic E-state index is 13.1. The van der Waals surface area contributed by atoms with Crippen molar-refractivity contribution in [2.24, 2.45) is 0 Å². The molecule has 0 radical (unpaired) electrons. The summed E-state index contributed by atoms with van der Waals surface area (Å²) in [5.41, 5.74) is -2.76. The van der Waals surface area contributed by atoms with Crippen LogP contribution in [0.2, 0.25) is 0 Å². The van der Waals surface area contributed by atoms with Crippen molar-refractivity contribution < 1.29 is 26.3 Å². The fourth-order valence-electron chi connectivity index (χ4n) is 2.38. The van der Waals surface area contributed by atoms with Gasteiger partial charge in [0.2, 0.25) is 0 Å². The molecular weight excluding hydrogens is 380 g/mol. The molecule has 10 heteroatoms. The molecule has 0 aliphatic heterocycles. The third-order valence-corrected chi connectivity index (χ3v) is 3.81. The molecule has 1 aromatic heterocycles. The molecule has 1 N–H and O–H groups in total. The molecule has 0 spiro atoms. The summed E-state index contributed by atoms with van der Waals surface area (Å²) < 4.78 is 79.4. The van der Waals surface area contributed by atoms with Gasteiger partial charge in [0.15, 0.2) is 10.6 Å². The van der Waals surface area contributed by atoms with E-state index in [0.717, 1.165) is 4.57 Å². The van der Waals surface area contributed by atoms with E-state index < -0.39 is 23.5 Å². The van der Waals surface area contributed by atoms with Gasteiger partial charge in [-0.3, -0.25) is 9.67 Å². The van der Waals surface area contributed by atoms with Gasteiger partial charge in [-0.1, -0.05) is 30.3 Å². The molecule has 0 bridgehead atoms. The van der Waals surface area contributed by atoms with E-state index in [-0.39, 0.29) is 22.3 Å². The van der Waals surface area contributed by atoms with Gasteiger partial charge >= 0.3 is 12.4 Å². The van der Waals surface area contributed by atoms with Crippen LogP contribution in [0.4, 0.5) is 26.3 Å². The highest BCUT2D eigenvalue weighted by molar-refractivity contribution is 7.71. The highest BCUT2D eigenvalue weighted by Gasteiger charge is 2.37. The molecule has 0 unspecified atom stereocenters. The summed E-state index contributed by atoms with van der Waals surface area (Å²) in [5.74, 6) is 0.100. The Hall–Kier alpha value is -2.62. The van der Waals surface area contributed by atoms with Crippen molar-refractivity contribution in [1.82, 2.24) is 14.8 Å². The van der Waals surface area contributed by atoms with Crippen LogP contribution in [0.25, 0.3) is 17.1 Å². The standard InChI is InChI=1S/C16H9F6N3S/c17-15(18,19)10-6-11(16(20,21)22)8-12(7-10)25-13(23-24-14(25)26)9-4-2-1-3-5-9/h1-8H,(H,24,26). The highest BCUT2D eigenvalue weighted by atomic mass is 32.1. The molecule has 3 aromatic rings. The second kappa shape index (κ2) is 6.27. The van der Waals surface area contributed by atoms with Gasteiger partial charge in [-0.25, -0.2) is 0 Å². The van der Waals surface area contributed by atoms with E-state index in [1.165, 1.54) is 0 Å². The zero-order valence-corrected chi connectivity index (χ0v) is 13.5. The van der Waals surface area contributed by atoms with Crippen molar-refractivity contribution >= 4 is 12.2 Å². The van der Waals surface area contributed by atoms with E-state index in [1.54, 1.807) is 30.3 Å². The number of benzene rings is 2. The van der Waals surface area contributed by atoms with Crippen LogP contribution in [0, 0.1) is 4.77 Å². The summed E-state index contributed by atoms with van der Waals surface area (Å²) in [6, 6.07) is 9.52. The Morgan fingerprint density at radius 2 is 1.38 bits per heavy atom. The molecule has 0 amide bonds. The van der Waals surface area contributed by atoms with Crippen LogP contribution >= 0.6 is 12.2 Å². The molecule has 0 fully saturated rings. The molecule has 3 rings (SSSR count). The number of hydrogen-bond acceptors (Lipinski definition) is 2. The number of nitrogens with zero attached hydrogens (tertiary/aromatic N) is 2. The molecule has 136 valence electrons. The van der Waals surface area contributed by atoms with Gasteiger partial charge in [-0.05, 0) is 30.4 Å². The van der Waals surface area contributed by atoms with Crippen molar-refractivity contribution in [1.29, 1.82) is 0 Å². The van der Waals surface area contributed by atoms with Gasteiger partial charge < -0.3 is 0 Å². The monoisotopic (exact) mass is 389 g/mol. The second-order valence-electron chi connectivity index (χ2n) is 5.32. The van der Waals surface area contributed by atoms with Crippen LogP contribution in [0.5, 0.6) is 0 Å². The lowest BCUT2D eigenvalue weighted by atomic mass is 10.1. The third kappa shape index (κ3) is 3.50. The molecule has 0 saturated carbocycles. The summed E-state index contributed by atoms with van der Waals surface area (Å²) in [7, 11) is 0. The van der Waals surface area contributed by atoms with E-state index in [0.29, 0.717) is 17.7 Å². The summed E-state index contributed by atoms with van der Waals surface area (Å²) >= 11 is 5.01. The lowest BCUT2D eigenvalue weighted by Gasteiger charge is -2.15. The first-order valence-electron chi connectivity index (χ1n) is 7.10. The van der Waals surface area contributed by atoms with Crippen LogP contribution in [0.1, 0.15) is 11.1 Å². The Labute approximate surface area is 147 Å². The number of aromatic nitrogens is 3. The molecule has 3 nitrogen and oxygen atoms in total. The van der Waals surface area contributed by atoms with Crippen molar-refractivity contribution in [2.45, 2.75) is 12.4 Å². The Morgan fingerprint density at radius 1 is 0.846 bits per heavy atom. The van der Waals surface area contributed by atoms with Crippen molar-refractivity contribution in [3.8, 4) is 17.1 Å². The van der Waals surface area contributed by atoms with Crippen LogP contribution in [0.3, 0.4) is 0 Å². The molecule has 0 aliphatic rings. The minimum atomic E-state index is -4.95. The van der Waals surface area contributed by atoms with Gasteiger partial charge in [0, 0.05) is 5.56 Å². The van der Waals surface area contributed by atoms with Crippen LogP contribution in [0.15, 0.2) is 48.5 Å². The number of aromatic amines is 1. The molecule has 0 saturated heterocycles. The molecule has 0 aliphatic carbocycles. The molecule has 1 heterocycles. The number of alkyl halides is 6. The summed E-state index contributed by atoms with van der Waals surface area (Å²) in [5, 5.41) is 6.33. The van der Waals surface area contributed by atoms with Crippen LogP contribution in [-0.2, 0) is 12.4 Å². The number of rotatable bonds is 2. The van der Waals surface area contributed by atoms with Crippen LogP contribution < -0.4 is 0 Å². The van der Waals surface area contributed by atoms with E-state index in [2.05, 4.69) is 10.2 Å². The van der Waals surface area contributed by atoms with E-state index >= 15 is 0 Å². The average molecular weight is 389 g/mol. The smallest absolute Gasteiger partial charge is 0.268 e. The molecule has 2 aromatic carbocycles. The Bertz CT molecular complexity index is 953. The fourth-order valence-corrected chi connectivity index (χ4v) is 2.62. The van der Waals surface area contributed by atoms with Crippen molar-refractivity contribution in [2.75, 3.05) is 0 Å². The van der Waals surface area contributed by atoms with Crippen molar-refractivity contribution in [3.05, 3.63) is 64.4 Å². The van der Waals surface area contributed by atoms with E-state index in [1.807, 2.05) is 0 Å². The van der Waals surface area contributed by atoms with Gasteiger partial charge in [-0.2, -0.15) is 31.4 Å². The first-order valence-corrected chi connectivity index (χ1v) is 7.51. The van der Waals surface area contributed by atoms with E-state index in [9.17, 15) is 26.3 Å². The first kappa shape index (κ1) is 18.2. The molecule has 0 atom stereocenters. The lowest BCUT2D eigenvalue weighted by Crippen LogP contribution is -2.12. The number of halogens is 6. The fraction of sp³-hybridized carbons (Fsp3) is 0.125. The maximum absolute atomic E-state index is 13.1. The predicted octanol–water partition coefficient (Wildman–Crippen LogP) is 5.63. The predicted molar refractivity (Wildman–Crippen MR) is 84.2 cm³/mol. The molecule has 26 heavy (non-hydrogen) atoms. The topological polar surface area (TPSA) is 33.6 Å². The van der Waals surface area contributed by atoms with Gasteiger partial charge in [-0.15, -0.1) is 0 Å². The largest absolute Gasteiger partial charge is 0.416 e. The summed E-state index contributed by atoms with van der Waals surface area (Å²) in [6.07, 6.45) is -9.90. The normalized spacial score (nSPS) is 12.4. The number of hydrogen-bond donors (Lipinski definition) is 1. The zero-order chi connectivity index (χ0) is 19.1. The number of nitrogens with one attached hydrogen (secondary N) is 1. The lowest BCUT2D eigenvalue weighted by molar-refractivity contribution is -0.143. The molecular formula is C16H9F6N3S. The minimum Gasteiger partial charge on any atom is -0.268 e. The van der Waals surface area contributed by atoms with E-state index in [4.69, 9.17) is 12.2 Å². The van der Waals surface area contributed by atoms with Crippen molar-refractivity contribution in [3.63, 3.8) is 0 Å². The Balaban J connectivity index is 2.29. The van der Waals surface area contributed by atoms with Gasteiger partial charge in [0.25, 0.3) is 0 Å². The summed E-state index contributed by atoms with van der Waals surface area (Å²) in [6.45, 7) is 0. The SMILES string of the molecule is FC(F)(F)c1cc(-n2c(-c3ccccc3)n[nH]c2=S)cc(C(F)(F)F)c1. The van der Waals surface area contributed by atoms with Gasteiger partial charge in [0.05, 0.1) is 16.8 Å². The Morgan fingerprint density at radius 3 is 1.88 bits per heavy atom. The quantitative estimate of drug-likeness (QED) is 0.455. The summed E-state index contributed by atoms with van der Waals surface area (Å²) in [4.78, 5) is 0. The third-order valence-electron chi connectivity index (χ3n) is 3.53. The minimum absolute atomic E-state index is 0.0649. The Kier molecular flexibility index (Phi) is 4.39.